The Labute approximate surface area is 250 Å². The summed E-state index contributed by atoms with van der Waals surface area (Å²) in [5, 5.41) is 11.2. The molecule has 0 aliphatic carbocycles. The first kappa shape index (κ1) is 28.5. The number of benzene rings is 4. The lowest BCUT2D eigenvalue weighted by Gasteiger charge is -2.33. The number of rotatable bonds is 10. The normalized spacial score (nSPS) is 15.6. The van der Waals surface area contributed by atoms with Gasteiger partial charge in [0.1, 0.15) is 6.04 Å². The monoisotopic (exact) mass is 648 g/mol. The summed E-state index contributed by atoms with van der Waals surface area (Å²) in [7, 11) is 1.87. The number of hydrogen-bond acceptors (Lipinski definition) is 4. The van der Waals surface area contributed by atoms with Crippen LogP contribution in [0.25, 0.3) is 21.5 Å². The Morgan fingerprint density at radius 2 is 1.40 bits per heavy atom. The van der Waals surface area contributed by atoms with Gasteiger partial charge in [0.2, 0.25) is 11.8 Å². The summed E-state index contributed by atoms with van der Waals surface area (Å²) in [6.07, 6.45) is 2.75. The van der Waals surface area contributed by atoms with E-state index in [1.807, 2.05) is 36.2 Å². The van der Waals surface area contributed by atoms with Crippen LogP contribution in [0.5, 0.6) is 0 Å². The smallest absolute Gasteiger partial charge is 0.245 e. The molecule has 1 aliphatic rings. The Bertz CT molecular complexity index is 1470. The number of carbonyl (C=O) groups excluding carboxylic acids is 2. The lowest BCUT2D eigenvalue weighted by atomic mass is 9.95. The van der Waals surface area contributed by atoms with Crippen LogP contribution in [0, 0.1) is 5.92 Å². The molecule has 4 aromatic carbocycles. The predicted octanol–water partition coefficient (Wildman–Crippen LogP) is 5.03. The van der Waals surface area contributed by atoms with Crippen molar-refractivity contribution in [3.05, 3.63) is 96.1 Å². The molecule has 0 radical (unpaired) electrons. The first-order valence-corrected chi connectivity index (χ1v) is 15.2. The van der Waals surface area contributed by atoms with E-state index in [1.165, 1.54) is 16.3 Å². The third-order valence-corrected chi connectivity index (χ3v) is 8.51. The maximum Gasteiger partial charge on any atom is 0.245 e. The fourth-order valence-electron chi connectivity index (χ4n) is 5.67. The van der Waals surface area contributed by atoms with Crippen LogP contribution in [0.1, 0.15) is 24.0 Å². The number of likely N-dealkylation sites (N-methyl/N-ethyl adjacent to an activating group) is 1. The highest BCUT2D eigenvalue weighted by atomic mass is 127. The van der Waals surface area contributed by atoms with Gasteiger partial charge < -0.3 is 15.5 Å². The van der Waals surface area contributed by atoms with Crippen LogP contribution in [0.15, 0.2) is 84.9 Å². The molecule has 0 bridgehead atoms. The Hall–Kier alpha value is -3.01. The molecule has 40 heavy (non-hydrogen) atoms. The van der Waals surface area contributed by atoms with E-state index in [2.05, 4.69) is 97.7 Å². The molecule has 208 valence electrons. The van der Waals surface area contributed by atoms with Crippen molar-refractivity contribution in [2.75, 3.05) is 26.7 Å². The molecule has 6 nitrogen and oxygen atoms in total. The van der Waals surface area contributed by atoms with Gasteiger partial charge in [-0.05, 0) is 65.0 Å². The second-order valence-corrected chi connectivity index (χ2v) is 11.6. The van der Waals surface area contributed by atoms with Gasteiger partial charge in [-0.3, -0.25) is 13.1 Å². The number of piperidine rings is 1. The minimum Gasteiger partial charge on any atom is -0.344 e. The average molecular weight is 649 g/mol. The van der Waals surface area contributed by atoms with Crippen molar-refractivity contribution >= 4 is 56.2 Å². The summed E-state index contributed by atoms with van der Waals surface area (Å²) < 4.78 is 3.24. The zero-order valence-electron chi connectivity index (χ0n) is 22.9. The van der Waals surface area contributed by atoms with E-state index in [9.17, 15) is 9.59 Å². The lowest BCUT2D eigenvalue weighted by Crippen LogP contribution is -2.54. The number of nitrogens with one attached hydrogen (secondary N) is 3. The summed E-state index contributed by atoms with van der Waals surface area (Å²) in [5.41, 5.74) is 2.22. The molecular formula is C33H37IN4O2. The van der Waals surface area contributed by atoms with Crippen molar-refractivity contribution in [2.24, 2.45) is 5.92 Å². The predicted molar refractivity (Wildman–Crippen MR) is 171 cm³/mol. The molecule has 2 atom stereocenters. The summed E-state index contributed by atoms with van der Waals surface area (Å²) in [6, 6.07) is 28.6. The van der Waals surface area contributed by atoms with Crippen molar-refractivity contribution < 1.29 is 9.59 Å². The molecule has 1 unspecified atom stereocenters. The van der Waals surface area contributed by atoms with Gasteiger partial charge in [0, 0.05) is 54.8 Å². The van der Waals surface area contributed by atoms with Crippen LogP contribution in [0.4, 0.5) is 0 Å². The number of fused-ring (bicyclic) bond motifs is 2. The molecule has 1 aliphatic heterocycles. The lowest BCUT2D eigenvalue weighted by molar-refractivity contribution is -0.138. The van der Waals surface area contributed by atoms with E-state index >= 15 is 0 Å². The van der Waals surface area contributed by atoms with Gasteiger partial charge in [0.05, 0.1) is 0 Å². The zero-order chi connectivity index (χ0) is 27.9. The maximum absolute atomic E-state index is 14.1. The molecule has 5 rings (SSSR count). The summed E-state index contributed by atoms with van der Waals surface area (Å²) >= 11 is 2.15. The number of amides is 2. The standard InChI is InChI=1S/C33H37IN4O2/c1-38(30(22-36-34)20-23-10-12-25-6-2-4-8-28(25)18-23)33(40)31(37-32(39)27-14-16-35-17-15-27)21-24-11-13-26-7-3-5-9-29(26)19-24/h2-13,18-19,27,30-31,35-36H,14-17,20-22H2,1H3,(H,37,39)/t30?,31-/m1/s1. The fraction of sp³-hybridized carbons (Fsp3) is 0.333. The second kappa shape index (κ2) is 13.6. The zero-order valence-corrected chi connectivity index (χ0v) is 25.1. The SMILES string of the molecule is CN(C(=O)[C@@H](Cc1ccc2ccccc2c1)NC(=O)C1CCNCC1)C(CNI)Cc1ccc2ccccc2c1. The molecule has 4 aromatic rings. The quantitative estimate of drug-likeness (QED) is 0.167. The van der Waals surface area contributed by atoms with Gasteiger partial charge in [0.25, 0.3) is 0 Å². The number of hydrogen-bond donors (Lipinski definition) is 3. The molecule has 1 saturated heterocycles. The van der Waals surface area contributed by atoms with Gasteiger partial charge in [-0.2, -0.15) is 0 Å². The summed E-state index contributed by atoms with van der Waals surface area (Å²) in [4.78, 5) is 29.3. The van der Waals surface area contributed by atoms with Crippen molar-refractivity contribution in [3.63, 3.8) is 0 Å². The first-order valence-electron chi connectivity index (χ1n) is 14.1. The highest BCUT2D eigenvalue weighted by Gasteiger charge is 2.31. The molecule has 0 spiro atoms. The molecule has 2 amide bonds. The second-order valence-electron chi connectivity index (χ2n) is 10.8. The average Bonchev–Trinajstić information content (AvgIpc) is 3.00. The van der Waals surface area contributed by atoms with Crippen LogP contribution >= 0.6 is 22.9 Å². The number of carbonyl (C=O) groups is 2. The highest BCUT2D eigenvalue weighted by molar-refractivity contribution is 14.1. The largest absolute Gasteiger partial charge is 0.344 e. The van der Waals surface area contributed by atoms with Crippen molar-refractivity contribution in [3.8, 4) is 0 Å². The molecule has 0 saturated carbocycles. The third kappa shape index (κ3) is 7.00. The van der Waals surface area contributed by atoms with E-state index in [1.54, 1.807) is 0 Å². The van der Waals surface area contributed by atoms with Crippen LogP contribution in [0.3, 0.4) is 0 Å². The minimum atomic E-state index is -0.637. The van der Waals surface area contributed by atoms with Crippen molar-refractivity contribution in [2.45, 2.75) is 37.8 Å². The van der Waals surface area contributed by atoms with Gasteiger partial charge in [0.15, 0.2) is 0 Å². The Morgan fingerprint density at radius 1 is 0.850 bits per heavy atom. The van der Waals surface area contributed by atoms with E-state index in [0.29, 0.717) is 19.4 Å². The molecule has 3 N–H and O–H groups in total. The summed E-state index contributed by atoms with van der Waals surface area (Å²) in [6.45, 7) is 2.30. The van der Waals surface area contributed by atoms with Crippen molar-refractivity contribution in [1.82, 2.24) is 19.1 Å². The van der Waals surface area contributed by atoms with E-state index in [0.717, 1.165) is 42.3 Å². The Balaban J connectivity index is 1.38. The van der Waals surface area contributed by atoms with E-state index in [4.69, 9.17) is 0 Å². The molecule has 1 heterocycles. The van der Waals surface area contributed by atoms with Gasteiger partial charge in [-0.1, -0.05) is 84.9 Å². The fourth-order valence-corrected chi connectivity index (χ4v) is 6.18. The van der Waals surface area contributed by atoms with Gasteiger partial charge >= 0.3 is 0 Å². The number of nitrogens with zero attached hydrogens (tertiary/aromatic N) is 1. The third-order valence-electron chi connectivity index (χ3n) is 8.07. The summed E-state index contributed by atoms with van der Waals surface area (Å²) in [5.74, 6) is -0.150. The van der Waals surface area contributed by atoms with E-state index in [-0.39, 0.29) is 23.8 Å². The first-order chi connectivity index (χ1) is 19.5. The maximum atomic E-state index is 14.1. The molecule has 0 aromatic heterocycles. The van der Waals surface area contributed by atoms with Gasteiger partial charge in [-0.15, -0.1) is 0 Å². The van der Waals surface area contributed by atoms with Crippen molar-refractivity contribution in [1.29, 1.82) is 0 Å². The topological polar surface area (TPSA) is 73.5 Å². The highest BCUT2D eigenvalue weighted by Crippen LogP contribution is 2.21. The number of halogens is 1. The molecule has 1 fully saturated rings. The van der Waals surface area contributed by atoms with Crippen LogP contribution in [0.2, 0.25) is 0 Å². The van der Waals surface area contributed by atoms with Crippen LogP contribution < -0.4 is 14.2 Å². The van der Waals surface area contributed by atoms with E-state index < -0.39 is 6.04 Å². The van der Waals surface area contributed by atoms with Crippen LogP contribution in [-0.2, 0) is 22.4 Å². The Kier molecular flexibility index (Phi) is 9.67. The molecular weight excluding hydrogens is 611 g/mol. The van der Waals surface area contributed by atoms with Crippen LogP contribution in [-0.4, -0.2) is 55.5 Å². The minimum absolute atomic E-state index is 0.0212. The molecule has 7 heteroatoms. The van der Waals surface area contributed by atoms with Gasteiger partial charge in [-0.25, -0.2) is 0 Å². The Morgan fingerprint density at radius 3 is 1.98 bits per heavy atom.